The number of hydrogen-bond donors (Lipinski definition) is 1. The fourth-order valence-corrected chi connectivity index (χ4v) is 2.28. The van der Waals surface area contributed by atoms with Gasteiger partial charge in [0.2, 0.25) is 0 Å². The summed E-state index contributed by atoms with van der Waals surface area (Å²) in [6.45, 7) is 0. The first-order chi connectivity index (χ1) is 9.06. The second kappa shape index (κ2) is 4.23. The Balaban J connectivity index is 2.23. The van der Waals surface area contributed by atoms with E-state index in [0.29, 0.717) is 17.2 Å². The lowest BCUT2D eigenvalue weighted by atomic mass is 10.1. The van der Waals surface area contributed by atoms with Crippen LogP contribution in [0.3, 0.4) is 0 Å². The third kappa shape index (κ3) is 2.14. The highest BCUT2D eigenvalue weighted by atomic mass is 19.1. The van der Waals surface area contributed by atoms with Crippen LogP contribution in [-0.4, -0.2) is 9.67 Å². The molecular formula is C15H14FNO2. The zero-order valence-corrected chi connectivity index (χ0v) is 10.6. The topological polar surface area (TPSA) is 42.2 Å². The van der Waals surface area contributed by atoms with Crippen molar-refractivity contribution in [3.05, 3.63) is 52.1 Å². The summed E-state index contributed by atoms with van der Waals surface area (Å²) in [6.07, 6.45) is 2.17. The summed E-state index contributed by atoms with van der Waals surface area (Å²) >= 11 is 0. The van der Waals surface area contributed by atoms with Gasteiger partial charge in [0, 0.05) is 18.7 Å². The molecule has 0 radical (unpaired) electrons. The fraction of sp³-hybridized carbons (Fsp3) is 0.267. The Labute approximate surface area is 109 Å². The highest BCUT2D eigenvalue weighted by Gasteiger charge is 2.25. The van der Waals surface area contributed by atoms with Crippen LogP contribution in [0.25, 0.3) is 11.3 Å². The summed E-state index contributed by atoms with van der Waals surface area (Å²) in [5.74, 6) is -0.0234. The number of phenols is 1. The molecule has 4 heteroatoms. The van der Waals surface area contributed by atoms with Gasteiger partial charge in [0.25, 0.3) is 5.56 Å². The van der Waals surface area contributed by atoms with E-state index in [9.17, 15) is 14.3 Å². The zero-order valence-electron chi connectivity index (χ0n) is 10.6. The molecule has 2 aromatic rings. The maximum Gasteiger partial charge on any atom is 0.251 e. The second-order valence-electron chi connectivity index (χ2n) is 5.01. The minimum absolute atomic E-state index is 0.0238. The molecule has 1 saturated carbocycles. The van der Waals surface area contributed by atoms with E-state index in [1.165, 1.54) is 22.8 Å². The number of aromatic hydroxyl groups is 1. The second-order valence-corrected chi connectivity index (χ2v) is 5.01. The van der Waals surface area contributed by atoms with Crippen LogP contribution in [0.5, 0.6) is 5.75 Å². The SMILES string of the molecule is Cn1c(-c2cc(F)ccc2O)cc(C2CC2)cc1=O. The molecule has 0 amide bonds. The lowest BCUT2D eigenvalue weighted by molar-refractivity contribution is 0.474. The predicted octanol–water partition coefficient (Wildman–Crippen LogP) is 2.77. The van der Waals surface area contributed by atoms with Crippen LogP contribution in [0.4, 0.5) is 4.39 Å². The van der Waals surface area contributed by atoms with E-state index in [1.807, 2.05) is 6.07 Å². The Kier molecular flexibility index (Phi) is 2.66. The molecule has 19 heavy (non-hydrogen) atoms. The van der Waals surface area contributed by atoms with Crippen molar-refractivity contribution in [3.63, 3.8) is 0 Å². The maximum absolute atomic E-state index is 13.3. The molecule has 1 aliphatic carbocycles. The average molecular weight is 259 g/mol. The number of halogens is 1. The van der Waals surface area contributed by atoms with Gasteiger partial charge in [-0.1, -0.05) is 0 Å². The highest BCUT2D eigenvalue weighted by molar-refractivity contribution is 5.68. The number of pyridine rings is 1. The minimum atomic E-state index is -0.433. The van der Waals surface area contributed by atoms with Crippen molar-refractivity contribution < 1.29 is 9.50 Å². The Morgan fingerprint density at radius 3 is 2.68 bits per heavy atom. The summed E-state index contributed by atoms with van der Waals surface area (Å²) in [5, 5.41) is 9.87. The van der Waals surface area contributed by atoms with E-state index >= 15 is 0 Å². The molecule has 0 aliphatic heterocycles. The first-order valence-corrected chi connectivity index (χ1v) is 6.26. The van der Waals surface area contributed by atoms with Crippen LogP contribution in [-0.2, 0) is 7.05 Å². The van der Waals surface area contributed by atoms with Crippen molar-refractivity contribution in [2.45, 2.75) is 18.8 Å². The Morgan fingerprint density at radius 2 is 2.00 bits per heavy atom. The first kappa shape index (κ1) is 12.0. The predicted molar refractivity (Wildman–Crippen MR) is 70.7 cm³/mol. The lowest BCUT2D eigenvalue weighted by Crippen LogP contribution is -2.18. The van der Waals surface area contributed by atoms with Gasteiger partial charge in [-0.2, -0.15) is 0 Å². The quantitative estimate of drug-likeness (QED) is 0.901. The molecule has 0 atom stereocenters. The van der Waals surface area contributed by atoms with Crippen molar-refractivity contribution in [1.29, 1.82) is 0 Å². The summed E-state index contributed by atoms with van der Waals surface area (Å²) in [6, 6.07) is 7.24. The van der Waals surface area contributed by atoms with Crippen molar-refractivity contribution >= 4 is 0 Å². The number of rotatable bonds is 2. The largest absolute Gasteiger partial charge is 0.507 e. The molecule has 0 bridgehead atoms. The normalized spacial score (nSPS) is 14.6. The van der Waals surface area contributed by atoms with Gasteiger partial charge in [-0.05, 0) is 48.6 Å². The molecule has 1 aromatic heterocycles. The molecule has 1 heterocycles. The standard InChI is InChI=1S/C15H14FNO2/c1-17-13(12-8-11(16)4-5-14(12)18)6-10(7-15(17)19)9-2-3-9/h4-9,18H,2-3H2,1H3. The Bertz CT molecular complexity index is 702. The third-order valence-corrected chi connectivity index (χ3v) is 3.57. The monoisotopic (exact) mass is 259 g/mol. The third-order valence-electron chi connectivity index (χ3n) is 3.57. The number of benzene rings is 1. The van der Waals surface area contributed by atoms with Crippen LogP contribution in [0.15, 0.2) is 35.1 Å². The van der Waals surface area contributed by atoms with Crippen molar-refractivity contribution in [1.82, 2.24) is 4.57 Å². The number of aromatic nitrogens is 1. The van der Waals surface area contributed by atoms with Crippen LogP contribution in [0.2, 0.25) is 0 Å². The van der Waals surface area contributed by atoms with E-state index in [1.54, 1.807) is 13.1 Å². The molecule has 3 rings (SSSR count). The zero-order chi connectivity index (χ0) is 13.6. The molecule has 1 aliphatic rings. The smallest absolute Gasteiger partial charge is 0.251 e. The molecule has 98 valence electrons. The summed E-state index contributed by atoms with van der Waals surface area (Å²) in [5.41, 5.74) is 1.73. The van der Waals surface area contributed by atoms with Crippen molar-refractivity contribution in [3.8, 4) is 17.0 Å². The molecule has 1 N–H and O–H groups in total. The van der Waals surface area contributed by atoms with E-state index in [2.05, 4.69) is 0 Å². The maximum atomic E-state index is 13.3. The highest BCUT2D eigenvalue weighted by Crippen LogP contribution is 2.41. The van der Waals surface area contributed by atoms with Gasteiger partial charge in [0.05, 0.1) is 5.69 Å². The minimum Gasteiger partial charge on any atom is -0.507 e. The van der Waals surface area contributed by atoms with Crippen LogP contribution >= 0.6 is 0 Å². The van der Waals surface area contributed by atoms with Crippen molar-refractivity contribution in [2.24, 2.45) is 7.05 Å². The number of phenolic OH excluding ortho intramolecular Hbond substituents is 1. The Morgan fingerprint density at radius 1 is 1.26 bits per heavy atom. The fourth-order valence-electron chi connectivity index (χ4n) is 2.28. The van der Waals surface area contributed by atoms with Gasteiger partial charge in [0.1, 0.15) is 11.6 Å². The number of nitrogens with zero attached hydrogens (tertiary/aromatic N) is 1. The molecular weight excluding hydrogens is 245 g/mol. The lowest BCUT2D eigenvalue weighted by Gasteiger charge is -2.12. The first-order valence-electron chi connectivity index (χ1n) is 6.26. The summed E-state index contributed by atoms with van der Waals surface area (Å²) in [4.78, 5) is 11.9. The Hall–Kier alpha value is -2.10. The molecule has 3 nitrogen and oxygen atoms in total. The number of hydrogen-bond acceptors (Lipinski definition) is 2. The van der Waals surface area contributed by atoms with Crippen LogP contribution in [0, 0.1) is 5.82 Å². The molecule has 0 unspecified atom stereocenters. The van der Waals surface area contributed by atoms with Gasteiger partial charge < -0.3 is 9.67 Å². The summed E-state index contributed by atoms with van der Waals surface area (Å²) < 4.78 is 14.8. The molecule has 1 aromatic carbocycles. The summed E-state index contributed by atoms with van der Waals surface area (Å²) in [7, 11) is 1.62. The van der Waals surface area contributed by atoms with Crippen LogP contribution < -0.4 is 5.56 Å². The molecule has 0 spiro atoms. The van der Waals surface area contributed by atoms with E-state index < -0.39 is 5.82 Å². The van der Waals surface area contributed by atoms with Gasteiger partial charge in [-0.15, -0.1) is 0 Å². The van der Waals surface area contributed by atoms with Gasteiger partial charge in [0.15, 0.2) is 0 Å². The van der Waals surface area contributed by atoms with E-state index in [-0.39, 0.29) is 11.3 Å². The molecule has 0 saturated heterocycles. The van der Waals surface area contributed by atoms with Crippen molar-refractivity contribution in [2.75, 3.05) is 0 Å². The van der Waals surface area contributed by atoms with E-state index in [0.717, 1.165) is 18.4 Å². The average Bonchev–Trinajstić information content (AvgIpc) is 3.20. The van der Waals surface area contributed by atoms with E-state index in [4.69, 9.17) is 0 Å². The van der Waals surface area contributed by atoms with Gasteiger partial charge >= 0.3 is 0 Å². The van der Waals surface area contributed by atoms with Gasteiger partial charge in [-0.3, -0.25) is 4.79 Å². The van der Waals surface area contributed by atoms with Crippen LogP contribution in [0.1, 0.15) is 24.3 Å². The van der Waals surface area contributed by atoms with Gasteiger partial charge in [-0.25, -0.2) is 4.39 Å². The molecule has 1 fully saturated rings.